The molecule has 0 aliphatic heterocycles. The van der Waals surface area contributed by atoms with Crippen LogP contribution in [0.5, 0.6) is 5.75 Å². The highest BCUT2D eigenvalue weighted by Gasteiger charge is 2.25. The molecule has 0 radical (unpaired) electrons. The lowest BCUT2D eigenvalue weighted by Crippen LogP contribution is -2.29. The van der Waals surface area contributed by atoms with E-state index in [2.05, 4.69) is 10.4 Å². The molecule has 0 spiro atoms. The number of ether oxygens (including phenoxy) is 1. The molecular formula is C22H21N3O3. The van der Waals surface area contributed by atoms with Gasteiger partial charge in [0.15, 0.2) is 0 Å². The molecule has 6 heteroatoms. The minimum atomic E-state index is -0.291. The van der Waals surface area contributed by atoms with E-state index >= 15 is 0 Å². The summed E-state index contributed by atoms with van der Waals surface area (Å²) in [4.78, 5) is 24.2. The molecule has 0 unspecified atom stereocenters. The van der Waals surface area contributed by atoms with Crippen LogP contribution in [-0.2, 0) is 17.9 Å². The molecule has 1 fully saturated rings. The number of nitrogens with zero attached hydrogens (tertiary/aromatic N) is 2. The van der Waals surface area contributed by atoms with Gasteiger partial charge in [0.2, 0.25) is 5.91 Å². The molecule has 1 amide bonds. The van der Waals surface area contributed by atoms with Gasteiger partial charge in [-0.25, -0.2) is 4.68 Å². The van der Waals surface area contributed by atoms with Crippen LogP contribution >= 0.6 is 0 Å². The summed E-state index contributed by atoms with van der Waals surface area (Å²) in [5.74, 6) is 0.857. The first-order chi connectivity index (χ1) is 13.7. The van der Waals surface area contributed by atoms with Gasteiger partial charge in [-0.3, -0.25) is 9.59 Å². The quantitative estimate of drug-likeness (QED) is 0.687. The van der Waals surface area contributed by atoms with Crippen LogP contribution < -0.4 is 15.6 Å². The third-order valence-electron chi connectivity index (χ3n) is 4.56. The zero-order chi connectivity index (χ0) is 19.3. The van der Waals surface area contributed by atoms with Crippen LogP contribution in [0.2, 0.25) is 0 Å². The Morgan fingerprint density at radius 3 is 2.50 bits per heavy atom. The first kappa shape index (κ1) is 18.0. The number of benzene rings is 2. The SMILES string of the molecule is O=C(Cn1nc(C2CC2)ccc1=O)Nc1ccc(OCc2ccccc2)cc1. The fraction of sp³-hybridized carbons (Fsp3) is 0.227. The Kier molecular flexibility index (Phi) is 5.19. The van der Waals surface area contributed by atoms with Crippen molar-refractivity contribution in [3.05, 3.63) is 88.3 Å². The van der Waals surface area contributed by atoms with Crippen LogP contribution in [0, 0.1) is 0 Å². The molecule has 1 saturated carbocycles. The summed E-state index contributed by atoms with van der Waals surface area (Å²) < 4.78 is 6.96. The Morgan fingerprint density at radius 2 is 1.79 bits per heavy atom. The lowest BCUT2D eigenvalue weighted by Gasteiger charge is -2.09. The first-order valence-corrected chi connectivity index (χ1v) is 9.32. The number of rotatable bonds is 7. The third-order valence-corrected chi connectivity index (χ3v) is 4.56. The van der Waals surface area contributed by atoms with Crippen LogP contribution in [0.1, 0.15) is 30.0 Å². The average Bonchev–Trinajstić information content (AvgIpc) is 3.55. The zero-order valence-corrected chi connectivity index (χ0v) is 15.4. The molecule has 1 aliphatic carbocycles. The Hall–Kier alpha value is -3.41. The lowest BCUT2D eigenvalue weighted by molar-refractivity contribution is -0.117. The molecule has 3 aromatic rings. The molecule has 6 nitrogen and oxygen atoms in total. The van der Waals surface area contributed by atoms with Gasteiger partial charge < -0.3 is 10.1 Å². The molecule has 1 N–H and O–H groups in total. The van der Waals surface area contributed by atoms with E-state index in [1.54, 1.807) is 30.3 Å². The molecule has 0 bridgehead atoms. The number of carbonyl (C=O) groups is 1. The highest BCUT2D eigenvalue weighted by atomic mass is 16.5. The molecule has 1 aliphatic rings. The smallest absolute Gasteiger partial charge is 0.267 e. The van der Waals surface area contributed by atoms with Crippen LogP contribution in [0.3, 0.4) is 0 Å². The summed E-state index contributed by atoms with van der Waals surface area (Å²) in [6, 6.07) is 20.3. The Bertz CT molecular complexity index is 1010. The van der Waals surface area contributed by atoms with E-state index in [0.717, 1.165) is 29.8 Å². The average molecular weight is 375 g/mol. The second kappa shape index (κ2) is 8.08. The molecular weight excluding hydrogens is 354 g/mol. The third kappa shape index (κ3) is 4.65. The minimum Gasteiger partial charge on any atom is -0.489 e. The summed E-state index contributed by atoms with van der Waals surface area (Å²) in [6.07, 6.45) is 2.19. The maximum atomic E-state index is 12.3. The van der Waals surface area contributed by atoms with Crippen molar-refractivity contribution in [2.75, 3.05) is 5.32 Å². The number of aromatic nitrogens is 2. The van der Waals surface area contributed by atoms with Crippen molar-refractivity contribution in [2.24, 2.45) is 0 Å². The van der Waals surface area contributed by atoms with Crippen LogP contribution in [0.15, 0.2) is 71.5 Å². The predicted octanol–water partition coefficient (Wildman–Crippen LogP) is 3.34. The lowest BCUT2D eigenvalue weighted by atomic mass is 10.2. The number of carbonyl (C=O) groups excluding carboxylic acids is 1. The molecule has 4 rings (SSSR count). The maximum Gasteiger partial charge on any atom is 0.267 e. The first-order valence-electron chi connectivity index (χ1n) is 9.32. The van der Waals surface area contributed by atoms with Crippen LogP contribution in [0.4, 0.5) is 5.69 Å². The number of nitrogens with one attached hydrogen (secondary N) is 1. The van der Waals surface area contributed by atoms with Crippen molar-refractivity contribution in [3.63, 3.8) is 0 Å². The number of amides is 1. The molecule has 0 saturated heterocycles. The molecule has 1 aromatic heterocycles. The monoisotopic (exact) mass is 375 g/mol. The van der Waals surface area contributed by atoms with Crippen molar-refractivity contribution in [3.8, 4) is 5.75 Å². The van der Waals surface area contributed by atoms with Gasteiger partial charge >= 0.3 is 0 Å². The van der Waals surface area contributed by atoms with Crippen molar-refractivity contribution < 1.29 is 9.53 Å². The second-order valence-electron chi connectivity index (χ2n) is 6.88. The minimum absolute atomic E-state index is 0.106. The van der Waals surface area contributed by atoms with Gasteiger partial charge in [0.1, 0.15) is 18.9 Å². The van der Waals surface area contributed by atoms with Gasteiger partial charge in [-0.2, -0.15) is 5.10 Å². The summed E-state index contributed by atoms with van der Waals surface area (Å²) in [6.45, 7) is 0.379. The highest BCUT2D eigenvalue weighted by molar-refractivity contribution is 5.90. The van der Waals surface area contributed by atoms with Gasteiger partial charge in [0.05, 0.1) is 5.69 Å². The summed E-state index contributed by atoms with van der Waals surface area (Å²) in [5, 5.41) is 7.10. The molecule has 142 valence electrons. The van der Waals surface area contributed by atoms with Crippen molar-refractivity contribution in [1.29, 1.82) is 0 Å². The maximum absolute atomic E-state index is 12.3. The Labute approximate surface area is 162 Å². The van der Waals surface area contributed by atoms with E-state index in [1.807, 2.05) is 30.3 Å². The van der Waals surface area contributed by atoms with Gasteiger partial charge in [-0.15, -0.1) is 0 Å². The van der Waals surface area contributed by atoms with Gasteiger partial charge in [0, 0.05) is 17.7 Å². The largest absolute Gasteiger partial charge is 0.489 e. The number of hydrogen-bond donors (Lipinski definition) is 1. The van der Waals surface area contributed by atoms with E-state index in [1.165, 1.54) is 10.7 Å². The standard InChI is InChI=1S/C22H21N3O3/c26-21(14-25-22(27)13-12-20(24-25)17-6-7-17)23-18-8-10-19(11-9-18)28-15-16-4-2-1-3-5-16/h1-5,8-13,17H,6-7,14-15H2,(H,23,26). The van der Waals surface area contributed by atoms with Gasteiger partial charge in [-0.05, 0) is 48.7 Å². The Morgan fingerprint density at radius 1 is 1.04 bits per heavy atom. The Balaban J connectivity index is 1.33. The van der Waals surface area contributed by atoms with Gasteiger partial charge in [0.25, 0.3) is 5.56 Å². The zero-order valence-electron chi connectivity index (χ0n) is 15.4. The van der Waals surface area contributed by atoms with Gasteiger partial charge in [-0.1, -0.05) is 30.3 Å². The topological polar surface area (TPSA) is 73.2 Å². The van der Waals surface area contributed by atoms with Crippen molar-refractivity contribution in [1.82, 2.24) is 9.78 Å². The van der Waals surface area contributed by atoms with E-state index in [0.29, 0.717) is 18.2 Å². The molecule has 2 aromatic carbocycles. The molecule has 0 atom stereocenters. The normalized spacial score (nSPS) is 13.1. The fourth-order valence-corrected chi connectivity index (χ4v) is 2.89. The van der Waals surface area contributed by atoms with E-state index in [9.17, 15) is 9.59 Å². The number of anilines is 1. The molecule has 1 heterocycles. The predicted molar refractivity (Wildman–Crippen MR) is 106 cm³/mol. The van der Waals surface area contributed by atoms with E-state index in [4.69, 9.17) is 4.74 Å². The van der Waals surface area contributed by atoms with Crippen LogP contribution in [0.25, 0.3) is 0 Å². The van der Waals surface area contributed by atoms with E-state index in [-0.39, 0.29) is 18.0 Å². The van der Waals surface area contributed by atoms with Crippen molar-refractivity contribution >= 4 is 11.6 Å². The summed E-state index contributed by atoms with van der Waals surface area (Å²) >= 11 is 0. The van der Waals surface area contributed by atoms with E-state index < -0.39 is 0 Å². The summed E-state index contributed by atoms with van der Waals surface area (Å²) in [5.41, 5.74) is 2.34. The second-order valence-corrected chi connectivity index (χ2v) is 6.88. The van der Waals surface area contributed by atoms with Crippen LogP contribution in [-0.4, -0.2) is 15.7 Å². The number of hydrogen-bond acceptors (Lipinski definition) is 4. The summed E-state index contributed by atoms with van der Waals surface area (Å²) in [7, 11) is 0. The fourth-order valence-electron chi connectivity index (χ4n) is 2.89. The van der Waals surface area contributed by atoms with Crippen molar-refractivity contribution in [2.45, 2.75) is 31.9 Å². The molecule has 28 heavy (non-hydrogen) atoms. The highest BCUT2D eigenvalue weighted by Crippen LogP contribution is 2.38.